The number of methoxy groups -OCH3 is 1. The van der Waals surface area contributed by atoms with Crippen LogP contribution in [0.15, 0.2) is 91.5 Å². The molecule has 0 radical (unpaired) electrons. The molecule has 3 aromatic rings. The molecule has 0 amide bonds. The molecule has 0 heterocycles. The van der Waals surface area contributed by atoms with Crippen molar-refractivity contribution in [2.75, 3.05) is 7.11 Å². The second kappa shape index (κ2) is 11.6. The lowest BCUT2D eigenvalue weighted by atomic mass is 10.1. The van der Waals surface area contributed by atoms with Crippen LogP contribution in [0.1, 0.15) is 16.7 Å². The molecule has 0 fully saturated rings. The summed E-state index contributed by atoms with van der Waals surface area (Å²) in [5.74, 6) is 0.680. The molecule has 0 aromatic heterocycles. The van der Waals surface area contributed by atoms with E-state index in [4.69, 9.17) is 9.47 Å². The van der Waals surface area contributed by atoms with Gasteiger partial charge in [-0.1, -0.05) is 72.8 Å². The highest BCUT2D eigenvalue weighted by Crippen LogP contribution is 2.26. The average molecular weight is 362 g/mol. The van der Waals surface area contributed by atoms with Crippen molar-refractivity contribution >= 4 is 0 Å². The molecule has 3 aromatic carbocycles. The summed E-state index contributed by atoms with van der Waals surface area (Å²) >= 11 is 0. The van der Waals surface area contributed by atoms with Crippen molar-refractivity contribution in [2.24, 2.45) is 0 Å². The maximum absolute atomic E-state index is 9.25. The largest absolute Gasteiger partial charge is 0.504 e. The van der Waals surface area contributed by atoms with E-state index in [1.807, 2.05) is 48.5 Å². The van der Waals surface area contributed by atoms with E-state index in [1.54, 1.807) is 12.1 Å². The third-order valence-electron chi connectivity index (χ3n) is 3.85. The van der Waals surface area contributed by atoms with Gasteiger partial charge >= 0.3 is 0 Å². The number of allylic oxidation sites excluding steroid dienone is 1. The summed E-state index contributed by atoms with van der Waals surface area (Å²) < 4.78 is 10.6. The van der Waals surface area contributed by atoms with Crippen molar-refractivity contribution in [3.8, 4) is 11.5 Å². The first kappa shape index (κ1) is 20.3. The minimum absolute atomic E-state index is 0.172. The number of hydrogen-bond acceptors (Lipinski definition) is 3. The van der Waals surface area contributed by atoms with E-state index in [-0.39, 0.29) is 5.75 Å². The van der Waals surface area contributed by atoms with Gasteiger partial charge in [0.1, 0.15) is 0 Å². The number of aromatic hydroxyl groups is 1. The summed E-state index contributed by atoms with van der Waals surface area (Å²) in [5, 5.41) is 9.25. The smallest absolute Gasteiger partial charge is 0.160 e. The van der Waals surface area contributed by atoms with Crippen molar-refractivity contribution in [2.45, 2.75) is 19.6 Å². The first-order valence-corrected chi connectivity index (χ1v) is 8.85. The Kier molecular flexibility index (Phi) is 8.67. The number of phenolic OH excluding ortho intramolecular Hbond substituents is 1. The Morgan fingerprint density at radius 1 is 0.815 bits per heavy atom. The number of benzene rings is 3. The van der Waals surface area contributed by atoms with Crippen molar-refractivity contribution in [3.05, 3.63) is 108 Å². The predicted molar refractivity (Wildman–Crippen MR) is 110 cm³/mol. The van der Waals surface area contributed by atoms with Crippen molar-refractivity contribution in [3.63, 3.8) is 0 Å². The third kappa shape index (κ3) is 7.38. The molecule has 3 rings (SSSR count). The minimum atomic E-state index is 0.172. The van der Waals surface area contributed by atoms with E-state index in [1.165, 1.54) is 18.2 Å². The summed E-state index contributed by atoms with van der Waals surface area (Å²) in [5.41, 5.74) is 3.52. The fourth-order valence-corrected chi connectivity index (χ4v) is 2.45. The van der Waals surface area contributed by atoms with Crippen LogP contribution in [0.4, 0.5) is 0 Å². The lowest BCUT2D eigenvalue weighted by molar-refractivity contribution is 0.107. The van der Waals surface area contributed by atoms with Crippen LogP contribution in [-0.2, 0) is 24.4 Å². The standard InChI is InChI=1S/C14H14O.C10H12O2/c1-3-7-13(8-4-1)11-15-12-14-9-5-2-6-10-14;1-3-4-8-5-6-9(11)10(7-8)12-2/h1-10H,11-12H2;3,5-7,11H,1,4H2,2H3. The summed E-state index contributed by atoms with van der Waals surface area (Å²) in [6, 6.07) is 25.7. The van der Waals surface area contributed by atoms with E-state index < -0.39 is 0 Å². The highest BCUT2D eigenvalue weighted by Gasteiger charge is 2.00. The van der Waals surface area contributed by atoms with Gasteiger partial charge in [0.25, 0.3) is 0 Å². The van der Waals surface area contributed by atoms with Crippen LogP contribution >= 0.6 is 0 Å². The SMILES string of the molecule is C=CCc1ccc(O)c(OC)c1.c1ccc(COCc2ccccc2)cc1. The monoisotopic (exact) mass is 362 g/mol. The zero-order chi connectivity index (χ0) is 19.3. The lowest BCUT2D eigenvalue weighted by Crippen LogP contribution is -1.93. The summed E-state index contributed by atoms with van der Waals surface area (Å²) in [6.07, 6.45) is 2.60. The summed E-state index contributed by atoms with van der Waals surface area (Å²) in [6.45, 7) is 4.98. The second-order valence-electron chi connectivity index (χ2n) is 5.96. The van der Waals surface area contributed by atoms with Gasteiger partial charge < -0.3 is 14.6 Å². The minimum Gasteiger partial charge on any atom is -0.504 e. The molecule has 0 aliphatic rings. The maximum Gasteiger partial charge on any atom is 0.160 e. The molecular weight excluding hydrogens is 336 g/mol. The van der Waals surface area contributed by atoms with Crippen LogP contribution in [0.5, 0.6) is 11.5 Å². The quantitative estimate of drug-likeness (QED) is 0.561. The molecular formula is C24H26O3. The highest BCUT2D eigenvalue weighted by atomic mass is 16.5. The Bertz CT molecular complexity index is 759. The van der Waals surface area contributed by atoms with Gasteiger partial charge in [-0.05, 0) is 35.2 Å². The molecule has 0 saturated carbocycles. The number of ether oxygens (including phenoxy) is 2. The molecule has 0 spiro atoms. The molecule has 0 unspecified atom stereocenters. The first-order chi connectivity index (χ1) is 13.2. The second-order valence-corrected chi connectivity index (χ2v) is 5.96. The summed E-state index contributed by atoms with van der Waals surface area (Å²) in [7, 11) is 1.53. The molecule has 1 N–H and O–H groups in total. The van der Waals surface area contributed by atoms with Crippen LogP contribution in [0.25, 0.3) is 0 Å². The van der Waals surface area contributed by atoms with Crippen LogP contribution in [0, 0.1) is 0 Å². The topological polar surface area (TPSA) is 38.7 Å². The molecule has 0 aliphatic carbocycles. The van der Waals surface area contributed by atoms with Gasteiger partial charge in [-0.15, -0.1) is 6.58 Å². The third-order valence-corrected chi connectivity index (χ3v) is 3.85. The Labute approximate surface area is 161 Å². The van der Waals surface area contributed by atoms with Crippen LogP contribution in [-0.4, -0.2) is 12.2 Å². The number of phenols is 1. The van der Waals surface area contributed by atoms with Gasteiger partial charge in [0.15, 0.2) is 11.5 Å². The van der Waals surface area contributed by atoms with Crippen molar-refractivity contribution in [1.82, 2.24) is 0 Å². The van der Waals surface area contributed by atoms with E-state index >= 15 is 0 Å². The number of rotatable bonds is 7. The normalized spacial score (nSPS) is 9.81. The van der Waals surface area contributed by atoms with Gasteiger partial charge in [-0.25, -0.2) is 0 Å². The lowest BCUT2D eigenvalue weighted by Gasteiger charge is -2.04. The fourth-order valence-electron chi connectivity index (χ4n) is 2.45. The van der Waals surface area contributed by atoms with E-state index in [9.17, 15) is 5.11 Å². The fraction of sp³-hybridized carbons (Fsp3) is 0.167. The van der Waals surface area contributed by atoms with Crippen LogP contribution < -0.4 is 4.74 Å². The molecule has 27 heavy (non-hydrogen) atoms. The van der Waals surface area contributed by atoms with Crippen molar-refractivity contribution in [1.29, 1.82) is 0 Å². The van der Waals surface area contributed by atoms with Crippen LogP contribution in [0.2, 0.25) is 0 Å². The Morgan fingerprint density at radius 2 is 1.37 bits per heavy atom. The van der Waals surface area contributed by atoms with Gasteiger partial charge in [-0.3, -0.25) is 0 Å². The van der Waals surface area contributed by atoms with E-state index in [0.717, 1.165) is 12.0 Å². The van der Waals surface area contributed by atoms with Gasteiger partial charge in [0, 0.05) is 0 Å². The van der Waals surface area contributed by atoms with Crippen molar-refractivity contribution < 1.29 is 14.6 Å². The number of hydrogen-bond donors (Lipinski definition) is 1. The van der Waals surface area contributed by atoms with E-state index in [0.29, 0.717) is 19.0 Å². The Hall–Kier alpha value is -3.04. The van der Waals surface area contributed by atoms with E-state index in [2.05, 4.69) is 30.8 Å². The Balaban J connectivity index is 0.000000199. The predicted octanol–water partition coefficient (Wildman–Crippen LogP) is 5.53. The molecule has 3 heteroatoms. The molecule has 0 bridgehead atoms. The maximum atomic E-state index is 9.25. The Morgan fingerprint density at radius 3 is 1.85 bits per heavy atom. The first-order valence-electron chi connectivity index (χ1n) is 8.85. The zero-order valence-electron chi connectivity index (χ0n) is 15.7. The summed E-state index contributed by atoms with van der Waals surface area (Å²) in [4.78, 5) is 0. The van der Waals surface area contributed by atoms with Crippen LogP contribution in [0.3, 0.4) is 0 Å². The highest BCUT2D eigenvalue weighted by molar-refractivity contribution is 5.42. The molecule has 0 saturated heterocycles. The molecule has 0 aliphatic heterocycles. The van der Waals surface area contributed by atoms with Gasteiger partial charge in [0.2, 0.25) is 0 Å². The van der Waals surface area contributed by atoms with Gasteiger partial charge in [-0.2, -0.15) is 0 Å². The molecule has 0 atom stereocenters. The van der Waals surface area contributed by atoms with Gasteiger partial charge in [0.05, 0.1) is 20.3 Å². The zero-order valence-corrected chi connectivity index (χ0v) is 15.7. The molecule has 3 nitrogen and oxygen atoms in total. The average Bonchev–Trinajstić information content (AvgIpc) is 2.72. The molecule has 140 valence electrons.